The molecule has 0 aliphatic carbocycles. The second kappa shape index (κ2) is 7.90. The molecule has 0 aliphatic rings. The van der Waals surface area contributed by atoms with Crippen LogP contribution in [0.5, 0.6) is 5.75 Å². The average molecular weight is 315 g/mol. The standard InChI is InChI=1S/C18H21NO2S/c1-4-14-7-5-6-13(2)18(14)19-17(20)12-22-16-10-8-15(21-3)9-11-16/h5-11H,4,12H2,1-3H3,(H,19,20). The lowest BCUT2D eigenvalue weighted by molar-refractivity contribution is -0.113. The SMILES string of the molecule is CCc1cccc(C)c1NC(=O)CSc1ccc(OC)cc1. The molecule has 0 spiro atoms. The molecule has 0 saturated heterocycles. The van der Waals surface area contributed by atoms with Crippen molar-refractivity contribution in [2.75, 3.05) is 18.2 Å². The molecule has 0 aromatic heterocycles. The number of thioether (sulfide) groups is 1. The summed E-state index contributed by atoms with van der Waals surface area (Å²) < 4.78 is 5.12. The van der Waals surface area contributed by atoms with E-state index in [1.54, 1.807) is 7.11 Å². The van der Waals surface area contributed by atoms with Gasteiger partial charge in [0.15, 0.2) is 0 Å². The first-order chi connectivity index (χ1) is 10.6. The molecule has 0 saturated carbocycles. The third-order valence-electron chi connectivity index (χ3n) is 3.43. The van der Waals surface area contributed by atoms with Gasteiger partial charge in [-0.25, -0.2) is 0 Å². The number of nitrogens with one attached hydrogen (secondary N) is 1. The van der Waals surface area contributed by atoms with Gasteiger partial charge in [0.2, 0.25) is 5.91 Å². The van der Waals surface area contributed by atoms with Crippen molar-refractivity contribution >= 4 is 23.4 Å². The van der Waals surface area contributed by atoms with Gasteiger partial charge in [-0.2, -0.15) is 0 Å². The molecule has 0 heterocycles. The largest absolute Gasteiger partial charge is 0.497 e. The molecule has 0 aliphatic heterocycles. The van der Waals surface area contributed by atoms with E-state index < -0.39 is 0 Å². The Morgan fingerprint density at radius 3 is 2.55 bits per heavy atom. The van der Waals surface area contributed by atoms with Crippen LogP contribution in [0.15, 0.2) is 47.4 Å². The van der Waals surface area contributed by atoms with Crippen LogP contribution in [0.25, 0.3) is 0 Å². The predicted molar refractivity (Wildman–Crippen MR) is 92.9 cm³/mol. The molecule has 0 radical (unpaired) electrons. The molecule has 0 fully saturated rings. The number of hydrogen-bond donors (Lipinski definition) is 1. The van der Waals surface area contributed by atoms with Crippen LogP contribution in [0.1, 0.15) is 18.1 Å². The Kier molecular flexibility index (Phi) is 5.90. The van der Waals surface area contributed by atoms with Gasteiger partial charge in [-0.1, -0.05) is 25.1 Å². The molecular weight excluding hydrogens is 294 g/mol. The third-order valence-corrected chi connectivity index (χ3v) is 4.45. The average Bonchev–Trinajstić information content (AvgIpc) is 2.55. The van der Waals surface area contributed by atoms with Crippen LogP contribution in [0, 0.1) is 6.92 Å². The fourth-order valence-corrected chi connectivity index (χ4v) is 2.90. The predicted octanol–water partition coefficient (Wildman–Crippen LogP) is 4.30. The van der Waals surface area contributed by atoms with Gasteiger partial charge in [-0.3, -0.25) is 4.79 Å². The first kappa shape index (κ1) is 16.4. The van der Waals surface area contributed by atoms with Crippen molar-refractivity contribution in [3.63, 3.8) is 0 Å². The van der Waals surface area contributed by atoms with Crippen molar-refractivity contribution in [2.45, 2.75) is 25.2 Å². The minimum absolute atomic E-state index is 0.0184. The molecule has 3 nitrogen and oxygen atoms in total. The highest BCUT2D eigenvalue weighted by atomic mass is 32.2. The molecule has 1 amide bonds. The van der Waals surface area contributed by atoms with Gasteiger partial charge < -0.3 is 10.1 Å². The van der Waals surface area contributed by atoms with Crippen LogP contribution in [0.4, 0.5) is 5.69 Å². The fourth-order valence-electron chi connectivity index (χ4n) is 2.20. The first-order valence-corrected chi connectivity index (χ1v) is 8.27. The number of rotatable bonds is 6. The number of carbonyl (C=O) groups is 1. The van der Waals surface area contributed by atoms with E-state index in [9.17, 15) is 4.79 Å². The molecule has 0 bridgehead atoms. The summed E-state index contributed by atoms with van der Waals surface area (Å²) in [5.41, 5.74) is 3.22. The molecule has 2 aromatic rings. The van der Waals surface area contributed by atoms with Gasteiger partial charge >= 0.3 is 0 Å². The molecule has 2 aromatic carbocycles. The van der Waals surface area contributed by atoms with E-state index in [-0.39, 0.29) is 5.91 Å². The quantitative estimate of drug-likeness (QED) is 0.808. The van der Waals surface area contributed by atoms with Gasteiger partial charge in [0.05, 0.1) is 12.9 Å². The van der Waals surface area contributed by atoms with Crippen LogP contribution < -0.4 is 10.1 Å². The van der Waals surface area contributed by atoms with Crippen LogP contribution in [0.2, 0.25) is 0 Å². The van der Waals surface area contributed by atoms with E-state index in [2.05, 4.69) is 18.3 Å². The van der Waals surface area contributed by atoms with E-state index in [1.165, 1.54) is 17.3 Å². The Morgan fingerprint density at radius 2 is 1.91 bits per heavy atom. The third kappa shape index (κ3) is 4.28. The summed E-state index contributed by atoms with van der Waals surface area (Å²) in [4.78, 5) is 13.2. The van der Waals surface area contributed by atoms with Crippen molar-refractivity contribution in [1.82, 2.24) is 0 Å². The molecular formula is C18H21NO2S. The van der Waals surface area contributed by atoms with Crippen LogP contribution in [0.3, 0.4) is 0 Å². The Balaban J connectivity index is 1.95. The molecule has 22 heavy (non-hydrogen) atoms. The van der Waals surface area contributed by atoms with Gasteiger partial charge in [0.25, 0.3) is 0 Å². The molecule has 116 valence electrons. The van der Waals surface area contributed by atoms with Gasteiger partial charge in [0.1, 0.15) is 5.75 Å². The lowest BCUT2D eigenvalue weighted by Crippen LogP contribution is -2.16. The Labute approximate surface area is 136 Å². The van der Waals surface area contributed by atoms with E-state index in [0.717, 1.165) is 28.3 Å². The number of anilines is 1. The number of carbonyl (C=O) groups excluding carboxylic acids is 1. The van der Waals surface area contributed by atoms with Gasteiger partial charge in [-0.15, -0.1) is 11.8 Å². The summed E-state index contributed by atoms with van der Waals surface area (Å²) in [5, 5.41) is 3.04. The molecule has 2 rings (SSSR count). The number of para-hydroxylation sites is 1. The van der Waals surface area contributed by atoms with Crippen LogP contribution in [-0.4, -0.2) is 18.8 Å². The molecule has 0 atom stereocenters. The zero-order valence-electron chi connectivity index (χ0n) is 13.2. The summed E-state index contributed by atoms with van der Waals surface area (Å²) in [6.07, 6.45) is 0.906. The number of aryl methyl sites for hydroxylation is 2. The number of benzene rings is 2. The molecule has 1 N–H and O–H groups in total. The second-order valence-corrected chi connectivity index (χ2v) is 6.02. The van der Waals surface area contributed by atoms with E-state index >= 15 is 0 Å². The normalized spacial score (nSPS) is 10.3. The maximum atomic E-state index is 12.2. The maximum Gasteiger partial charge on any atom is 0.234 e. The summed E-state index contributed by atoms with van der Waals surface area (Å²) in [7, 11) is 1.64. The lowest BCUT2D eigenvalue weighted by atomic mass is 10.1. The highest BCUT2D eigenvalue weighted by molar-refractivity contribution is 8.00. The van der Waals surface area contributed by atoms with E-state index in [1.807, 2.05) is 43.3 Å². The summed E-state index contributed by atoms with van der Waals surface area (Å²) in [6, 6.07) is 13.8. The Bertz CT molecular complexity index is 638. The van der Waals surface area contributed by atoms with Crippen LogP contribution in [-0.2, 0) is 11.2 Å². The van der Waals surface area contributed by atoms with Crippen molar-refractivity contribution in [1.29, 1.82) is 0 Å². The second-order valence-electron chi connectivity index (χ2n) is 4.97. The minimum atomic E-state index is 0.0184. The first-order valence-electron chi connectivity index (χ1n) is 7.29. The molecule has 4 heteroatoms. The summed E-state index contributed by atoms with van der Waals surface area (Å²) >= 11 is 1.52. The van der Waals surface area contributed by atoms with E-state index in [4.69, 9.17) is 4.74 Å². The van der Waals surface area contributed by atoms with Crippen molar-refractivity contribution in [2.24, 2.45) is 0 Å². The topological polar surface area (TPSA) is 38.3 Å². The smallest absolute Gasteiger partial charge is 0.234 e. The van der Waals surface area contributed by atoms with Gasteiger partial charge in [0, 0.05) is 10.6 Å². The van der Waals surface area contributed by atoms with Crippen molar-refractivity contribution in [3.05, 3.63) is 53.6 Å². The van der Waals surface area contributed by atoms with Crippen molar-refractivity contribution in [3.8, 4) is 5.75 Å². The number of ether oxygens (including phenoxy) is 1. The summed E-state index contributed by atoms with van der Waals surface area (Å²) in [5.74, 6) is 1.23. The number of hydrogen-bond acceptors (Lipinski definition) is 3. The van der Waals surface area contributed by atoms with Gasteiger partial charge in [-0.05, 0) is 48.7 Å². The monoisotopic (exact) mass is 315 g/mol. The fraction of sp³-hybridized carbons (Fsp3) is 0.278. The Morgan fingerprint density at radius 1 is 1.18 bits per heavy atom. The minimum Gasteiger partial charge on any atom is -0.497 e. The zero-order valence-corrected chi connectivity index (χ0v) is 14.0. The Hall–Kier alpha value is -1.94. The van der Waals surface area contributed by atoms with Crippen molar-refractivity contribution < 1.29 is 9.53 Å². The number of methoxy groups -OCH3 is 1. The lowest BCUT2D eigenvalue weighted by Gasteiger charge is -2.12. The molecule has 0 unspecified atom stereocenters. The highest BCUT2D eigenvalue weighted by Gasteiger charge is 2.09. The zero-order chi connectivity index (χ0) is 15.9. The summed E-state index contributed by atoms with van der Waals surface area (Å²) in [6.45, 7) is 4.11. The number of amides is 1. The van der Waals surface area contributed by atoms with Crippen LogP contribution >= 0.6 is 11.8 Å². The highest BCUT2D eigenvalue weighted by Crippen LogP contribution is 2.24. The van der Waals surface area contributed by atoms with E-state index in [0.29, 0.717) is 5.75 Å². The maximum absolute atomic E-state index is 12.2.